The van der Waals surface area contributed by atoms with Crippen molar-refractivity contribution in [3.05, 3.63) is 42.5 Å². The average molecular weight is 502 g/mol. The van der Waals surface area contributed by atoms with Crippen molar-refractivity contribution in [1.82, 2.24) is 14.5 Å². The molecule has 2 aromatic carbocycles. The molecule has 8 nitrogen and oxygen atoms in total. The number of β-amino-alcohol motifs (C(OH)–C–C–N with tert-alkyl or cyclic N) is 1. The molecule has 0 aromatic heterocycles. The van der Waals surface area contributed by atoms with E-state index in [-0.39, 0.29) is 23.6 Å². The summed E-state index contributed by atoms with van der Waals surface area (Å²) in [5.74, 6) is 1.07. The molecule has 5 rings (SSSR count). The quantitative estimate of drug-likeness (QED) is 0.667. The van der Waals surface area contributed by atoms with E-state index in [9.17, 15) is 13.5 Å². The highest BCUT2D eigenvalue weighted by atomic mass is 32.2. The highest BCUT2D eigenvalue weighted by molar-refractivity contribution is 7.89. The maximum atomic E-state index is 13.2. The van der Waals surface area contributed by atoms with E-state index in [0.29, 0.717) is 18.3 Å². The Hall–Kier alpha value is -2.17. The number of rotatable bonds is 3. The maximum Gasteiger partial charge on any atom is 0.244 e. The third-order valence-corrected chi connectivity index (χ3v) is 9.06. The SMILES string of the molecule is COc1cccc(-c2ccc3c(c2)O[C@H]2CN(C4CCCC4)C[C@H]2N(C)C[C@@H](O)CNS3(=O)=O)c1. The summed E-state index contributed by atoms with van der Waals surface area (Å²) in [6, 6.07) is 13.5. The first kappa shape index (κ1) is 24.5. The van der Waals surface area contributed by atoms with Crippen LogP contribution in [0, 0.1) is 0 Å². The average Bonchev–Trinajstić information content (AvgIpc) is 3.52. The minimum atomic E-state index is -3.87. The molecule has 2 aromatic rings. The lowest BCUT2D eigenvalue weighted by Crippen LogP contribution is -2.47. The molecule has 2 aliphatic heterocycles. The van der Waals surface area contributed by atoms with Crippen molar-refractivity contribution < 1.29 is 23.0 Å². The first-order valence-electron chi connectivity index (χ1n) is 12.4. The Morgan fingerprint density at radius 2 is 1.83 bits per heavy atom. The Morgan fingerprint density at radius 1 is 1.06 bits per heavy atom. The van der Waals surface area contributed by atoms with Gasteiger partial charge in [0.25, 0.3) is 0 Å². The molecule has 3 atom stereocenters. The standard InChI is InChI=1S/C26H35N3O5S/c1-28-15-21(30)14-27-35(31,32)26-11-10-19(18-6-5-9-22(12-18)33-2)13-24(26)34-25-17-29(16-23(25)28)20-7-3-4-8-20/h5-6,9-13,20-21,23,25,27,30H,3-4,7-8,14-17H2,1-2H3/t21-,23+,25-/m0/s1. The van der Waals surface area contributed by atoms with Gasteiger partial charge in [-0.1, -0.05) is 31.0 Å². The number of ether oxygens (including phenoxy) is 2. The summed E-state index contributed by atoms with van der Waals surface area (Å²) < 4.78 is 41.0. The number of nitrogens with zero attached hydrogens (tertiary/aromatic N) is 2. The smallest absolute Gasteiger partial charge is 0.244 e. The summed E-state index contributed by atoms with van der Waals surface area (Å²) >= 11 is 0. The Kier molecular flexibility index (Phi) is 7.05. The molecule has 2 N–H and O–H groups in total. The van der Waals surface area contributed by atoms with Crippen molar-refractivity contribution in [3.63, 3.8) is 0 Å². The topological polar surface area (TPSA) is 91.3 Å². The van der Waals surface area contributed by atoms with Gasteiger partial charge in [-0.3, -0.25) is 9.80 Å². The third-order valence-electron chi connectivity index (χ3n) is 7.59. The normalized spacial score (nSPS) is 28.0. The van der Waals surface area contributed by atoms with Crippen molar-refractivity contribution in [2.75, 3.05) is 40.3 Å². The number of sulfonamides is 1. The van der Waals surface area contributed by atoms with Crippen LogP contribution in [0.3, 0.4) is 0 Å². The van der Waals surface area contributed by atoms with Crippen molar-refractivity contribution in [2.45, 2.75) is 54.9 Å². The highest BCUT2D eigenvalue weighted by Crippen LogP contribution is 2.35. The molecule has 0 amide bonds. The van der Waals surface area contributed by atoms with E-state index in [0.717, 1.165) is 30.0 Å². The Balaban J connectivity index is 1.54. The van der Waals surface area contributed by atoms with Crippen molar-refractivity contribution >= 4 is 10.0 Å². The molecule has 1 aliphatic carbocycles. The minimum absolute atomic E-state index is 0.0481. The number of hydrogen-bond donors (Lipinski definition) is 2. The fraction of sp³-hybridized carbons (Fsp3) is 0.538. The maximum absolute atomic E-state index is 13.2. The number of likely N-dealkylation sites (tertiary alicyclic amines) is 1. The summed E-state index contributed by atoms with van der Waals surface area (Å²) in [4.78, 5) is 4.71. The molecule has 35 heavy (non-hydrogen) atoms. The van der Waals surface area contributed by atoms with Crippen LogP contribution in [0.1, 0.15) is 25.7 Å². The molecule has 1 saturated heterocycles. The van der Waals surface area contributed by atoms with Crippen LogP contribution in [0.25, 0.3) is 11.1 Å². The van der Waals surface area contributed by atoms with Crippen LogP contribution >= 0.6 is 0 Å². The van der Waals surface area contributed by atoms with Gasteiger partial charge < -0.3 is 14.6 Å². The molecule has 3 aliphatic rings. The van der Waals surface area contributed by atoms with E-state index in [1.54, 1.807) is 19.2 Å². The van der Waals surface area contributed by atoms with Crippen molar-refractivity contribution in [1.29, 1.82) is 0 Å². The van der Waals surface area contributed by atoms with Crippen LogP contribution in [0.5, 0.6) is 11.5 Å². The Morgan fingerprint density at radius 3 is 2.60 bits per heavy atom. The molecule has 2 fully saturated rings. The molecular weight excluding hydrogens is 466 g/mol. The van der Waals surface area contributed by atoms with Gasteiger partial charge in [0, 0.05) is 32.2 Å². The molecule has 9 heteroatoms. The zero-order valence-corrected chi connectivity index (χ0v) is 21.2. The number of aliphatic hydroxyl groups is 1. The van der Waals surface area contributed by atoms with Gasteiger partial charge in [0.2, 0.25) is 10.0 Å². The molecular formula is C26H35N3O5S. The van der Waals surface area contributed by atoms with Crippen molar-refractivity contribution in [2.24, 2.45) is 0 Å². The molecule has 0 radical (unpaired) electrons. The number of benzene rings is 2. The number of aliphatic hydroxyl groups excluding tert-OH is 1. The van der Waals surface area contributed by atoms with E-state index in [1.165, 1.54) is 25.7 Å². The Bertz CT molecular complexity index is 1150. The van der Waals surface area contributed by atoms with E-state index >= 15 is 0 Å². The van der Waals surface area contributed by atoms with Crippen LogP contribution in [-0.2, 0) is 10.0 Å². The second kappa shape index (κ2) is 10.1. The van der Waals surface area contributed by atoms with Crippen molar-refractivity contribution in [3.8, 4) is 22.6 Å². The zero-order chi connectivity index (χ0) is 24.6. The van der Waals surface area contributed by atoms with Gasteiger partial charge in [0.05, 0.1) is 19.3 Å². The first-order valence-corrected chi connectivity index (χ1v) is 13.9. The number of fused-ring (bicyclic) bond motifs is 2. The first-order chi connectivity index (χ1) is 16.8. The second-order valence-electron chi connectivity index (χ2n) is 9.95. The van der Waals surface area contributed by atoms with Gasteiger partial charge in [-0.25, -0.2) is 13.1 Å². The fourth-order valence-corrected chi connectivity index (χ4v) is 6.86. The van der Waals surface area contributed by atoms with E-state index < -0.39 is 16.1 Å². The van der Waals surface area contributed by atoms with Gasteiger partial charge in [-0.2, -0.15) is 0 Å². The van der Waals surface area contributed by atoms with E-state index in [1.807, 2.05) is 37.4 Å². The predicted molar refractivity (Wildman–Crippen MR) is 134 cm³/mol. The number of hydrogen-bond acceptors (Lipinski definition) is 7. The number of nitrogens with one attached hydrogen (secondary N) is 1. The summed E-state index contributed by atoms with van der Waals surface area (Å²) in [6.07, 6.45) is 3.88. The summed E-state index contributed by atoms with van der Waals surface area (Å²) in [5.41, 5.74) is 1.77. The molecule has 0 unspecified atom stereocenters. The predicted octanol–water partition coefficient (Wildman–Crippen LogP) is 2.32. The molecule has 190 valence electrons. The van der Waals surface area contributed by atoms with Gasteiger partial charge >= 0.3 is 0 Å². The molecule has 1 saturated carbocycles. The Labute approximate surface area is 207 Å². The molecule has 2 heterocycles. The monoisotopic (exact) mass is 501 g/mol. The third kappa shape index (κ3) is 5.20. The van der Waals surface area contributed by atoms with Crippen LogP contribution in [-0.4, -0.2) is 88.0 Å². The van der Waals surface area contributed by atoms with Gasteiger partial charge in [0.15, 0.2) is 0 Å². The second-order valence-corrected chi connectivity index (χ2v) is 11.7. The molecule has 0 spiro atoms. The van der Waals surface area contributed by atoms with E-state index in [2.05, 4.69) is 14.5 Å². The van der Waals surface area contributed by atoms with E-state index in [4.69, 9.17) is 9.47 Å². The van der Waals surface area contributed by atoms with Gasteiger partial charge in [-0.15, -0.1) is 0 Å². The van der Waals surface area contributed by atoms with Gasteiger partial charge in [-0.05, 0) is 55.3 Å². The summed E-state index contributed by atoms with van der Waals surface area (Å²) in [6.45, 7) is 1.92. The van der Waals surface area contributed by atoms with Gasteiger partial charge in [0.1, 0.15) is 22.5 Å². The summed E-state index contributed by atoms with van der Waals surface area (Å²) in [5, 5.41) is 10.6. The van der Waals surface area contributed by atoms with Crippen LogP contribution in [0.2, 0.25) is 0 Å². The fourth-order valence-electron chi connectivity index (χ4n) is 5.68. The molecule has 0 bridgehead atoms. The lowest BCUT2D eigenvalue weighted by molar-refractivity contribution is 0.0713. The highest BCUT2D eigenvalue weighted by Gasteiger charge is 2.41. The zero-order valence-electron chi connectivity index (χ0n) is 20.4. The minimum Gasteiger partial charge on any atom is -0.497 e. The lowest BCUT2D eigenvalue weighted by Gasteiger charge is -2.30. The van der Waals surface area contributed by atoms with Crippen LogP contribution in [0.15, 0.2) is 47.4 Å². The number of likely N-dealkylation sites (N-methyl/N-ethyl adjacent to an activating group) is 1. The largest absolute Gasteiger partial charge is 0.497 e. The number of methoxy groups -OCH3 is 1. The summed E-state index contributed by atoms with van der Waals surface area (Å²) in [7, 11) is -0.258. The van der Waals surface area contributed by atoms with Crippen LogP contribution < -0.4 is 14.2 Å². The lowest BCUT2D eigenvalue weighted by atomic mass is 10.1. The van der Waals surface area contributed by atoms with Crippen LogP contribution in [0.4, 0.5) is 0 Å².